The van der Waals surface area contributed by atoms with Crippen molar-refractivity contribution in [2.24, 2.45) is 0 Å². The van der Waals surface area contributed by atoms with Gasteiger partial charge in [-0.25, -0.2) is 9.48 Å². The molecule has 0 aliphatic rings. The number of carbonyl (C=O) groups excluding carboxylic acids is 2. The Hall–Kier alpha value is -3.41. The van der Waals surface area contributed by atoms with E-state index in [9.17, 15) is 9.59 Å². The molecule has 1 amide bonds. The molecule has 0 saturated carbocycles. The number of rotatable bonds is 7. The maximum Gasteiger partial charge on any atom is 0.338 e. The number of aryl methyl sites for hydroxylation is 1. The monoisotopic (exact) mass is 391 g/mol. The van der Waals surface area contributed by atoms with Crippen molar-refractivity contribution in [3.8, 4) is 5.69 Å². The van der Waals surface area contributed by atoms with E-state index in [1.54, 1.807) is 42.1 Å². The van der Waals surface area contributed by atoms with Gasteiger partial charge in [0.05, 0.1) is 11.3 Å². The molecule has 0 bridgehead atoms. The molecule has 29 heavy (non-hydrogen) atoms. The minimum absolute atomic E-state index is 0.168. The van der Waals surface area contributed by atoms with Crippen LogP contribution in [0.15, 0.2) is 66.9 Å². The maximum absolute atomic E-state index is 12.4. The summed E-state index contributed by atoms with van der Waals surface area (Å²) in [7, 11) is 0. The molecule has 150 valence electrons. The van der Waals surface area contributed by atoms with Crippen molar-refractivity contribution >= 4 is 11.9 Å². The molecule has 1 aromatic heterocycles. The number of benzene rings is 2. The average Bonchev–Trinajstić information content (AvgIpc) is 3.18. The standard InChI is InChI=1S/C23H25N3O3/c1-16(19-7-5-4-6-8-19)15-24-22(27)18(3)29-23(28)20-9-11-21(12-10-20)26-17(2)13-14-25-26/h4-14,16,18H,15H2,1-3H3,(H,24,27)/t16-,18-/m0/s1. The average molecular weight is 391 g/mol. The molecule has 6 nitrogen and oxygen atoms in total. The molecule has 2 aromatic carbocycles. The minimum Gasteiger partial charge on any atom is -0.449 e. The molecule has 3 aromatic rings. The van der Waals surface area contributed by atoms with Gasteiger partial charge in [0.15, 0.2) is 6.10 Å². The Kier molecular flexibility index (Phi) is 6.44. The summed E-state index contributed by atoms with van der Waals surface area (Å²) in [6, 6.07) is 18.8. The molecular weight excluding hydrogens is 366 g/mol. The van der Waals surface area contributed by atoms with Crippen LogP contribution in [0.3, 0.4) is 0 Å². The fourth-order valence-electron chi connectivity index (χ4n) is 2.96. The van der Waals surface area contributed by atoms with Gasteiger partial charge >= 0.3 is 5.97 Å². The highest BCUT2D eigenvalue weighted by Gasteiger charge is 2.19. The minimum atomic E-state index is -0.876. The third kappa shape index (κ3) is 5.10. The summed E-state index contributed by atoms with van der Waals surface area (Å²) in [5.74, 6) is -0.682. The first-order valence-corrected chi connectivity index (χ1v) is 9.60. The Bertz CT molecular complexity index is 965. The molecule has 1 heterocycles. The maximum atomic E-state index is 12.4. The zero-order chi connectivity index (χ0) is 20.8. The number of nitrogens with one attached hydrogen (secondary N) is 1. The van der Waals surface area contributed by atoms with Crippen LogP contribution in [-0.2, 0) is 9.53 Å². The van der Waals surface area contributed by atoms with Crippen molar-refractivity contribution in [3.63, 3.8) is 0 Å². The van der Waals surface area contributed by atoms with Gasteiger partial charge in [-0.2, -0.15) is 5.10 Å². The molecule has 1 N–H and O–H groups in total. The SMILES string of the molecule is Cc1ccnn1-c1ccc(C(=O)O[C@@H](C)C(=O)NC[C@H](C)c2ccccc2)cc1. The van der Waals surface area contributed by atoms with E-state index in [-0.39, 0.29) is 11.8 Å². The summed E-state index contributed by atoms with van der Waals surface area (Å²) >= 11 is 0. The third-order valence-electron chi connectivity index (χ3n) is 4.78. The highest BCUT2D eigenvalue weighted by molar-refractivity contribution is 5.92. The Morgan fingerprint density at radius 1 is 1.03 bits per heavy atom. The summed E-state index contributed by atoms with van der Waals surface area (Å²) in [5, 5.41) is 7.08. The van der Waals surface area contributed by atoms with Crippen molar-refractivity contribution in [3.05, 3.63) is 83.7 Å². The Morgan fingerprint density at radius 2 is 1.72 bits per heavy atom. The number of nitrogens with zero attached hydrogens (tertiary/aromatic N) is 2. The summed E-state index contributed by atoms with van der Waals surface area (Å²) < 4.78 is 7.09. The van der Waals surface area contributed by atoms with Crippen LogP contribution in [0.2, 0.25) is 0 Å². The Labute approximate surface area is 170 Å². The lowest BCUT2D eigenvalue weighted by Crippen LogP contribution is -2.37. The molecular formula is C23H25N3O3. The molecule has 6 heteroatoms. The van der Waals surface area contributed by atoms with Crippen molar-refractivity contribution in [2.75, 3.05) is 6.54 Å². The van der Waals surface area contributed by atoms with E-state index >= 15 is 0 Å². The first-order valence-electron chi connectivity index (χ1n) is 9.60. The first-order chi connectivity index (χ1) is 14.0. The van der Waals surface area contributed by atoms with Gasteiger partial charge in [-0.3, -0.25) is 4.79 Å². The van der Waals surface area contributed by atoms with Crippen molar-refractivity contribution in [1.29, 1.82) is 0 Å². The zero-order valence-electron chi connectivity index (χ0n) is 16.8. The summed E-state index contributed by atoms with van der Waals surface area (Å²) in [6.07, 6.45) is 0.842. The number of ether oxygens (including phenoxy) is 1. The molecule has 0 radical (unpaired) electrons. The van der Waals surface area contributed by atoms with Crippen molar-refractivity contribution < 1.29 is 14.3 Å². The number of aromatic nitrogens is 2. The largest absolute Gasteiger partial charge is 0.449 e. The third-order valence-corrected chi connectivity index (χ3v) is 4.78. The van der Waals surface area contributed by atoms with Gasteiger partial charge in [0.1, 0.15) is 0 Å². The van der Waals surface area contributed by atoms with Crippen LogP contribution >= 0.6 is 0 Å². The van der Waals surface area contributed by atoms with Crippen LogP contribution in [0.25, 0.3) is 5.69 Å². The van der Waals surface area contributed by atoms with E-state index in [2.05, 4.69) is 10.4 Å². The Balaban J connectivity index is 1.53. The van der Waals surface area contributed by atoms with E-state index < -0.39 is 12.1 Å². The van der Waals surface area contributed by atoms with Gasteiger partial charge in [0.2, 0.25) is 0 Å². The van der Waals surface area contributed by atoms with E-state index in [1.165, 1.54) is 0 Å². The molecule has 0 spiro atoms. The van der Waals surface area contributed by atoms with Crippen LogP contribution in [0.1, 0.15) is 41.4 Å². The second kappa shape index (κ2) is 9.19. The first kappa shape index (κ1) is 20.3. The molecule has 0 unspecified atom stereocenters. The highest BCUT2D eigenvalue weighted by Crippen LogP contribution is 2.14. The van der Waals surface area contributed by atoms with Crippen LogP contribution in [0, 0.1) is 6.92 Å². The zero-order valence-corrected chi connectivity index (χ0v) is 16.8. The highest BCUT2D eigenvalue weighted by atomic mass is 16.5. The number of hydrogen-bond acceptors (Lipinski definition) is 4. The van der Waals surface area contributed by atoms with Crippen molar-refractivity contribution in [1.82, 2.24) is 15.1 Å². The lowest BCUT2D eigenvalue weighted by atomic mass is 10.0. The van der Waals surface area contributed by atoms with Gasteiger partial charge < -0.3 is 10.1 Å². The predicted octanol–water partition coefficient (Wildman–Crippen LogP) is 3.65. The van der Waals surface area contributed by atoms with Gasteiger partial charge in [0, 0.05) is 18.4 Å². The van der Waals surface area contributed by atoms with Gasteiger partial charge in [0.25, 0.3) is 5.91 Å². The number of esters is 1. The van der Waals surface area contributed by atoms with Crippen LogP contribution in [0.4, 0.5) is 0 Å². The topological polar surface area (TPSA) is 73.2 Å². The number of carbonyl (C=O) groups is 2. The molecule has 0 aliphatic carbocycles. The van der Waals surface area contributed by atoms with Gasteiger partial charge in [-0.05, 0) is 55.7 Å². The smallest absolute Gasteiger partial charge is 0.338 e. The van der Waals surface area contributed by atoms with Crippen LogP contribution < -0.4 is 5.32 Å². The van der Waals surface area contributed by atoms with E-state index in [0.29, 0.717) is 12.1 Å². The number of hydrogen-bond donors (Lipinski definition) is 1. The molecule has 0 aliphatic heterocycles. The Morgan fingerprint density at radius 3 is 2.34 bits per heavy atom. The molecule has 3 rings (SSSR count). The quantitative estimate of drug-likeness (QED) is 0.624. The number of amides is 1. The van der Waals surface area contributed by atoms with Crippen LogP contribution in [-0.4, -0.2) is 34.3 Å². The van der Waals surface area contributed by atoms with Gasteiger partial charge in [-0.15, -0.1) is 0 Å². The molecule has 0 fully saturated rings. The van der Waals surface area contributed by atoms with Crippen molar-refractivity contribution in [2.45, 2.75) is 32.8 Å². The van der Waals surface area contributed by atoms with E-state index in [1.807, 2.05) is 50.2 Å². The lowest BCUT2D eigenvalue weighted by molar-refractivity contribution is -0.129. The fraction of sp³-hybridized carbons (Fsp3) is 0.261. The summed E-state index contributed by atoms with van der Waals surface area (Å²) in [5.41, 5.74) is 3.38. The normalized spacial score (nSPS) is 12.8. The van der Waals surface area contributed by atoms with Crippen LogP contribution in [0.5, 0.6) is 0 Å². The second-order valence-corrected chi connectivity index (χ2v) is 7.04. The summed E-state index contributed by atoms with van der Waals surface area (Å²) in [4.78, 5) is 24.7. The molecule has 2 atom stereocenters. The fourth-order valence-corrected chi connectivity index (χ4v) is 2.96. The second-order valence-electron chi connectivity index (χ2n) is 7.04. The van der Waals surface area contributed by atoms with E-state index in [4.69, 9.17) is 4.74 Å². The van der Waals surface area contributed by atoms with Gasteiger partial charge in [-0.1, -0.05) is 37.3 Å². The van der Waals surface area contributed by atoms with E-state index in [0.717, 1.165) is 16.9 Å². The lowest BCUT2D eigenvalue weighted by Gasteiger charge is -2.17. The molecule has 0 saturated heterocycles. The summed E-state index contributed by atoms with van der Waals surface area (Å²) in [6.45, 7) is 6.04. The predicted molar refractivity (Wildman–Crippen MR) is 111 cm³/mol.